The normalized spacial score (nSPS) is 11.4. The summed E-state index contributed by atoms with van der Waals surface area (Å²) in [5.74, 6) is 0. The summed E-state index contributed by atoms with van der Waals surface area (Å²) in [7, 11) is 0. The lowest BCUT2D eigenvalue weighted by Gasteiger charge is -2.07. The number of rotatable bonds is 1. The van der Waals surface area contributed by atoms with Gasteiger partial charge in [0.25, 0.3) is 0 Å². The van der Waals surface area contributed by atoms with Crippen LogP contribution in [0.1, 0.15) is 19.9 Å². The second-order valence-electron chi connectivity index (χ2n) is 3.56. The molecular formula is C10H11IN2S. The third-order valence-corrected chi connectivity index (χ3v) is 3.16. The molecule has 0 bridgehead atoms. The van der Waals surface area contributed by atoms with Crippen LogP contribution in [-0.2, 0) is 0 Å². The van der Waals surface area contributed by atoms with Crippen molar-refractivity contribution < 1.29 is 0 Å². The molecule has 0 aliphatic carbocycles. The monoisotopic (exact) mass is 318 g/mol. The van der Waals surface area contributed by atoms with Crippen molar-refractivity contribution >= 4 is 45.8 Å². The third kappa shape index (κ3) is 1.61. The Morgan fingerprint density at radius 1 is 1.43 bits per heavy atom. The summed E-state index contributed by atoms with van der Waals surface area (Å²) in [6, 6.07) is 6.73. The van der Waals surface area contributed by atoms with Gasteiger partial charge >= 0.3 is 0 Å². The predicted molar refractivity (Wildman–Crippen MR) is 70.2 cm³/mol. The van der Waals surface area contributed by atoms with Crippen LogP contribution in [-0.4, -0.2) is 9.55 Å². The topological polar surface area (TPSA) is 20.7 Å². The van der Waals surface area contributed by atoms with Crippen LogP contribution >= 0.6 is 34.8 Å². The summed E-state index contributed by atoms with van der Waals surface area (Å²) in [6.07, 6.45) is 0. The van der Waals surface area contributed by atoms with Gasteiger partial charge in [0.2, 0.25) is 0 Å². The van der Waals surface area contributed by atoms with Crippen LogP contribution < -0.4 is 0 Å². The first-order valence-corrected chi connectivity index (χ1v) is 5.98. The molecule has 0 saturated heterocycles. The van der Waals surface area contributed by atoms with E-state index in [1.807, 2.05) is 0 Å². The molecule has 0 spiro atoms. The van der Waals surface area contributed by atoms with Crippen molar-refractivity contribution in [2.24, 2.45) is 0 Å². The van der Waals surface area contributed by atoms with Crippen LogP contribution in [0.15, 0.2) is 18.2 Å². The number of aromatic amines is 1. The van der Waals surface area contributed by atoms with Crippen molar-refractivity contribution in [2.75, 3.05) is 0 Å². The maximum absolute atomic E-state index is 5.28. The summed E-state index contributed by atoms with van der Waals surface area (Å²) in [4.78, 5) is 3.22. The van der Waals surface area contributed by atoms with E-state index in [2.05, 4.69) is 64.2 Å². The van der Waals surface area contributed by atoms with E-state index in [1.165, 1.54) is 9.09 Å². The number of imidazole rings is 1. The van der Waals surface area contributed by atoms with E-state index in [0.717, 1.165) is 10.3 Å². The maximum Gasteiger partial charge on any atom is 0.178 e. The van der Waals surface area contributed by atoms with Gasteiger partial charge in [0, 0.05) is 9.61 Å². The van der Waals surface area contributed by atoms with Gasteiger partial charge in [-0.2, -0.15) is 0 Å². The lowest BCUT2D eigenvalue weighted by Crippen LogP contribution is -1.99. The molecule has 1 aromatic carbocycles. The number of hydrogen-bond acceptors (Lipinski definition) is 1. The van der Waals surface area contributed by atoms with E-state index in [4.69, 9.17) is 12.2 Å². The number of benzene rings is 1. The van der Waals surface area contributed by atoms with Gasteiger partial charge in [-0.15, -0.1) is 0 Å². The maximum atomic E-state index is 5.28. The molecule has 1 aromatic heterocycles. The predicted octanol–water partition coefficient (Wildman–Crippen LogP) is 3.88. The molecule has 0 aliphatic rings. The Balaban J connectivity index is 2.84. The van der Waals surface area contributed by atoms with E-state index < -0.39 is 0 Å². The summed E-state index contributed by atoms with van der Waals surface area (Å²) in [5, 5.41) is 0. The summed E-state index contributed by atoms with van der Waals surface area (Å²) >= 11 is 7.58. The number of aromatic nitrogens is 2. The van der Waals surface area contributed by atoms with Crippen LogP contribution in [0.25, 0.3) is 11.0 Å². The Kier molecular flexibility index (Phi) is 2.66. The van der Waals surface area contributed by atoms with Crippen molar-refractivity contribution in [1.82, 2.24) is 9.55 Å². The number of nitrogens with zero attached hydrogens (tertiary/aromatic N) is 1. The summed E-state index contributed by atoms with van der Waals surface area (Å²) in [5.41, 5.74) is 2.31. The zero-order valence-electron chi connectivity index (χ0n) is 8.04. The Labute approximate surface area is 101 Å². The fourth-order valence-electron chi connectivity index (χ4n) is 1.62. The van der Waals surface area contributed by atoms with E-state index in [-0.39, 0.29) is 0 Å². The lowest BCUT2D eigenvalue weighted by molar-refractivity contribution is 0.610. The molecule has 0 unspecified atom stereocenters. The first-order valence-electron chi connectivity index (χ1n) is 4.49. The number of halogens is 1. The molecule has 2 aromatic rings. The van der Waals surface area contributed by atoms with Gasteiger partial charge in [0.05, 0.1) is 11.0 Å². The molecule has 0 fully saturated rings. The Hall–Kier alpha value is -0.360. The van der Waals surface area contributed by atoms with E-state index in [9.17, 15) is 0 Å². The smallest absolute Gasteiger partial charge is 0.178 e. The van der Waals surface area contributed by atoms with Crippen molar-refractivity contribution in [3.63, 3.8) is 0 Å². The number of hydrogen-bond donors (Lipinski definition) is 1. The van der Waals surface area contributed by atoms with Gasteiger partial charge in [0.1, 0.15) is 0 Å². The lowest BCUT2D eigenvalue weighted by atomic mass is 10.3. The first-order chi connectivity index (χ1) is 6.59. The van der Waals surface area contributed by atoms with Gasteiger partial charge in [-0.1, -0.05) is 0 Å². The molecule has 4 heteroatoms. The Morgan fingerprint density at radius 2 is 2.14 bits per heavy atom. The first kappa shape index (κ1) is 10.2. The quantitative estimate of drug-likeness (QED) is 0.625. The van der Waals surface area contributed by atoms with Gasteiger partial charge in [0.15, 0.2) is 4.77 Å². The molecule has 2 nitrogen and oxygen atoms in total. The molecule has 0 radical (unpaired) electrons. The van der Waals surface area contributed by atoms with Gasteiger partial charge < -0.3 is 9.55 Å². The largest absolute Gasteiger partial charge is 0.331 e. The highest BCUT2D eigenvalue weighted by Crippen LogP contribution is 2.20. The highest BCUT2D eigenvalue weighted by Gasteiger charge is 2.06. The van der Waals surface area contributed by atoms with Gasteiger partial charge in [-0.05, 0) is 66.9 Å². The minimum atomic E-state index is 0.399. The molecule has 14 heavy (non-hydrogen) atoms. The number of fused-ring (bicyclic) bond motifs is 1. The van der Waals surface area contributed by atoms with Crippen molar-refractivity contribution in [1.29, 1.82) is 0 Å². The van der Waals surface area contributed by atoms with Crippen molar-refractivity contribution in [3.05, 3.63) is 26.5 Å². The van der Waals surface area contributed by atoms with Crippen LogP contribution in [0.4, 0.5) is 0 Å². The Morgan fingerprint density at radius 3 is 2.79 bits per heavy atom. The molecule has 2 rings (SSSR count). The van der Waals surface area contributed by atoms with Crippen molar-refractivity contribution in [3.8, 4) is 0 Å². The molecule has 74 valence electrons. The summed E-state index contributed by atoms with van der Waals surface area (Å²) < 4.78 is 4.17. The standard InChI is InChI=1S/C10H11IN2S/c1-6(2)13-9-4-3-7(11)5-8(9)12-10(13)14/h3-6H,1-2H3,(H,12,14). The zero-order chi connectivity index (χ0) is 10.3. The van der Waals surface area contributed by atoms with Crippen LogP contribution in [0.3, 0.4) is 0 Å². The van der Waals surface area contributed by atoms with Crippen LogP contribution in [0.2, 0.25) is 0 Å². The van der Waals surface area contributed by atoms with E-state index in [0.29, 0.717) is 6.04 Å². The molecule has 0 saturated carbocycles. The third-order valence-electron chi connectivity index (χ3n) is 2.19. The molecular weight excluding hydrogens is 307 g/mol. The molecule has 1 heterocycles. The van der Waals surface area contributed by atoms with Crippen LogP contribution in [0.5, 0.6) is 0 Å². The van der Waals surface area contributed by atoms with Crippen LogP contribution in [0, 0.1) is 8.34 Å². The Bertz CT molecular complexity index is 524. The second kappa shape index (κ2) is 3.66. The average Bonchev–Trinajstić information content (AvgIpc) is 2.39. The fraction of sp³-hybridized carbons (Fsp3) is 0.300. The average molecular weight is 318 g/mol. The minimum Gasteiger partial charge on any atom is -0.331 e. The van der Waals surface area contributed by atoms with E-state index in [1.54, 1.807) is 0 Å². The zero-order valence-corrected chi connectivity index (χ0v) is 11.0. The highest BCUT2D eigenvalue weighted by molar-refractivity contribution is 14.1. The minimum absolute atomic E-state index is 0.399. The summed E-state index contributed by atoms with van der Waals surface area (Å²) in [6.45, 7) is 4.28. The SMILES string of the molecule is CC(C)n1c(=S)[nH]c2cc(I)ccc21. The molecule has 1 N–H and O–H groups in total. The number of nitrogens with one attached hydrogen (secondary N) is 1. The van der Waals surface area contributed by atoms with Gasteiger partial charge in [-0.3, -0.25) is 0 Å². The van der Waals surface area contributed by atoms with Gasteiger partial charge in [-0.25, -0.2) is 0 Å². The molecule has 0 amide bonds. The van der Waals surface area contributed by atoms with E-state index >= 15 is 0 Å². The molecule has 0 atom stereocenters. The van der Waals surface area contributed by atoms with Crippen molar-refractivity contribution in [2.45, 2.75) is 19.9 Å². The molecule has 0 aliphatic heterocycles. The highest BCUT2D eigenvalue weighted by atomic mass is 127. The number of H-pyrrole nitrogens is 1. The second-order valence-corrected chi connectivity index (χ2v) is 5.19. The fourth-order valence-corrected chi connectivity index (χ4v) is 2.53.